The van der Waals surface area contributed by atoms with Crippen molar-refractivity contribution in [3.8, 4) is 0 Å². The Labute approximate surface area is 143 Å². The fourth-order valence-electron chi connectivity index (χ4n) is 6.34. The molecule has 0 radical (unpaired) electrons. The summed E-state index contributed by atoms with van der Waals surface area (Å²) in [6.07, 6.45) is 9.50. The van der Waals surface area contributed by atoms with Crippen molar-refractivity contribution >= 4 is 11.9 Å². The maximum Gasteiger partial charge on any atom is 0.306 e. The monoisotopic (exact) mass is 335 g/mol. The fourth-order valence-corrected chi connectivity index (χ4v) is 6.34. The summed E-state index contributed by atoms with van der Waals surface area (Å²) in [5.74, 6) is 0.816. The van der Waals surface area contributed by atoms with Crippen LogP contribution in [0.15, 0.2) is 0 Å². The van der Waals surface area contributed by atoms with Crippen molar-refractivity contribution in [1.82, 2.24) is 4.90 Å². The van der Waals surface area contributed by atoms with Crippen LogP contribution in [0, 0.1) is 17.3 Å². The van der Waals surface area contributed by atoms with Crippen LogP contribution in [0.3, 0.4) is 0 Å². The van der Waals surface area contributed by atoms with Gasteiger partial charge in [0, 0.05) is 13.1 Å². The molecule has 5 heteroatoms. The maximum absolute atomic E-state index is 12.3. The smallest absolute Gasteiger partial charge is 0.306 e. The summed E-state index contributed by atoms with van der Waals surface area (Å²) in [6.45, 7) is 1.46. The largest absolute Gasteiger partial charge is 0.456 e. The number of ether oxygens (including phenoxy) is 1. The lowest BCUT2D eigenvalue weighted by molar-refractivity contribution is -0.178. The maximum atomic E-state index is 12.3. The molecule has 2 unspecified atom stereocenters. The van der Waals surface area contributed by atoms with E-state index in [-0.39, 0.29) is 23.9 Å². The second-order valence-corrected chi connectivity index (χ2v) is 8.96. The Kier molecular flexibility index (Phi) is 4.10. The number of rotatable bonds is 4. The normalized spacial score (nSPS) is 40.6. The van der Waals surface area contributed by atoms with Gasteiger partial charge in [-0.2, -0.15) is 0 Å². The van der Waals surface area contributed by atoms with E-state index in [1.54, 1.807) is 0 Å². The summed E-state index contributed by atoms with van der Waals surface area (Å²) in [7, 11) is 0. The van der Waals surface area contributed by atoms with Gasteiger partial charge in [-0.15, -0.1) is 0 Å². The molecule has 1 saturated heterocycles. The number of esters is 1. The first-order valence-electron chi connectivity index (χ1n) is 9.61. The molecule has 4 aliphatic carbocycles. The molecule has 0 spiro atoms. The van der Waals surface area contributed by atoms with Crippen LogP contribution in [-0.2, 0) is 14.3 Å². The molecule has 134 valence electrons. The Balaban J connectivity index is 1.31. The van der Waals surface area contributed by atoms with Gasteiger partial charge in [-0.25, -0.2) is 0 Å². The van der Waals surface area contributed by atoms with Gasteiger partial charge in [-0.3, -0.25) is 9.59 Å². The Bertz CT molecular complexity index is 511. The van der Waals surface area contributed by atoms with Crippen molar-refractivity contribution < 1.29 is 19.4 Å². The Morgan fingerprint density at radius 3 is 2.33 bits per heavy atom. The third kappa shape index (κ3) is 3.19. The number of amides is 1. The van der Waals surface area contributed by atoms with E-state index in [1.165, 1.54) is 12.8 Å². The van der Waals surface area contributed by atoms with E-state index in [0.29, 0.717) is 18.3 Å². The number of hydrogen-bond donors (Lipinski definition) is 1. The summed E-state index contributed by atoms with van der Waals surface area (Å²) in [6, 6.07) is 0. The number of aliphatic hydroxyl groups is 1. The molecule has 5 aliphatic rings. The van der Waals surface area contributed by atoms with Crippen LogP contribution in [0.1, 0.15) is 64.2 Å². The third-order valence-electron chi connectivity index (χ3n) is 6.74. The lowest BCUT2D eigenvalue weighted by Crippen LogP contribution is -2.56. The van der Waals surface area contributed by atoms with Gasteiger partial charge in [0.2, 0.25) is 0 Å². The average Bonchev–Trinajstić information content (AvgIpc) is 2.50. The van der Waals surface area contributed by atoms with Gasteiger partial charge >= 0.3 is 5.97 Å². The minimum absolute atomic E-state index is 0.0628. The molecule has 0 aromatic carbocycles. The van der Waals surface area contributed by atoms with Gasteiger partial charge in [0.1, 0.15) is 0 Å². The minimum Gasteiger partial charge on any atom is -0.456 e. The van der Waals surface area contributed by atoms with E-state index in [2.05, 4.69) is 0 Å². The van der Waals surface area contributed by atoms with Crippen molar-refractivity contribution in [2.24, 2.45) is 17.3 Å². The Hall–Kier alpha value is -1.10. The average molecular weight is 335 g/mol. The van der Waals surface area contributed by atoms with Gasteiger partial charge in [-0.05, 0) is 75.0 Å². The van der Waals surface area contributed by atoms with E-state index in [1.807, 2.05) is 4.90 Å². The SMILES string of the molecule is O=C(CC12CC3CC(CC(O)(C3)C1)C2)OCC(=O)N1CCCCC1. The van der Waals surface area contributed by atoms with Gasteiger partial charge in [0.05, 0.1) is 12.0 Å². The van der Waals surface area contributed by atoms with Gasteiger partial charge in [0.15, 0.2) is 6.61 Å². The standard InChI is InChI=1S/C19H29NO4/c21-16(20-4-2-1-3-5-20)12-24-17(22)11-18-7-14-6-15(8-18)10-19(23,9-14)13-18/h14-15,23H,1-13H2. The number of carbonyl (C=O) groups is 2. The molecular weight excluding hydrogens is 306 g/mol. The van der Waals surface area contributed by atoms with E-state index in [4.69, 9.17) is 4.74 Å². The molecule has 4 bridgehead atoms. The number of likely N-dealkylation sites (tertiary alicyclic amines) is 1. The zero-order valence-electron chi connectivity index (χ0n) is 14.5. The zero-order valence-corrected chi connectivity index (χ0v) is 14.5. The van der Waals surface area contributed by atoms with Crippen LogP contribution in [0.25, 0.3) is 0 Å². The fraction of sp³-hybridized carbons (Fsp3) is 0.895. The molecule has 5 fully saturated rings. The highest BCUT2D eigenvalue weighted by molar-refractivity contribution is 5.80. The highest BCUT2D eigenvalue weighted by Gasteiger charge is 2.57. The highest BCUT2D eigenvalue weighted by atomic mass is 16.5. The molecule has 4 saturated carbocycles. The highest BCUT2D eigenvalue weighted by Crippen LogP contribution is 2.62. The van der Waals surface area contributed by atoms with E-state index in [0.717, 1.165) is 58.0 Å². The summed E-state index contributed by atoms with van der Waals surface area (Å²) >= 11 is 0. The molecule has 0 aromatic rings. The van der Waals surface area contributed by atoms with Crippen LogP contribution in [0.4, 0.5) is 0 Å². The number of piperidine rings is 1. The molecule has 1 aliphatic heterocycles. The van der Waals surface area contributed by atoms with Gasteiger partial charge < -0.3 is 14.7 Å². The van der Waals surface area contributed by atoms with Crippen molar-refractivity contribution in [2.45, 2.75) is 69.8 Å². The predicted molar refractivity (Wildman–Crippen MR) is 88.1 cm³/mol. The Morgan fingerprint density at radius 2 is 1.71 bits per heavy atom. The van der Waals surface area contributed by atoms with E-state index in [9.17, 15) is 14.7 Å². The summed E-state index contributed by atoms with van der Waals surface area (Å²) < 4.78 is 5.32. The predicted octanol–water partition coefficient (Wildman–Crippen LogP) is 2.26. The van der Waals surface area contributed by atoms with Gasteiger partial charge in [0.25, 0.3) is 5.91 Å². The number of nitrogens with zero attached hydrogens (tertiary/aromatic N) is 1. The van der Waals surface area contributed by atoms with Crippen LogP contribution in [0.5, 0.6) is 0 Å². The molecule has 1 heterocycles. The molecule has 2 atom stereocenters. The lowest BCUT2D eigenvalue weighted by atomic mass is 9.47. The molecular formula is C19H29NO4. The second-order valence-electron chi connectivity index (χ2n) is 8.96. The molecule has 5 rings (SSSR count). The van der Waals surface area contributed by atoms with Crippen molar-refractivity contribution in [1.29, 1.82) is 0 Å². The summed E-state index contributed by atoms with van der Waals surface area (Å²) in [5.41, 5.74) is -0.627. The zero-order chi connectivity index (χ0) is 16.8. The quantitative estimate of drug-likeness (QED) is 0.800. The molecule has 0 aromatic heterocycles. The summed E-state index contributed by atoms with van der Waals surface area (Å²) in [4.78, 5) is 26.3. The second kappa shape index (κ2) is 6.01. The van der Waals surface area contributed by atoms with E-state index >= 15 is 0 Å². The van der Waals surface area contributed by atoms with Crippen molar-refractivity contribution in [3.63, 3.8) is 0 Å². The number of carbonyl (C=O) groups excluding carboxylic acids is 2. The molecule has 24 heavy (non-hydrogen) atoms. The molecule has 1 N–H and O–H groups in total. The summed E-state index contributed by atoms with van der Waals surface area (Å²) in [5, 5.41) is 10.8. The van der Waals surface area contributed by atoms with Crippen LogP contribution in [0.2, 0.25) is 0 Å². The first-order valence-corrected chi connectivity index (χ1v) is 9.61. The molecule has 1 amide bonds. The van der Waals surface area contributed by atoms with Gasteiger partial charge in [-0.1, -0.05) is 0 Å². The van der Waals surface area contributed by atoms with Crippen LogP contribution >= 0.6 is 0 Å². The van der Waals surface area contributed by atoms with E-state index < -0.39 is 5.60 Å². The van der Waals surface area contributed by atoms with Crippen LogP contribution < -0.4 is 0 Å². The number of hydrogen-bond acceptors (Lipinski definition) is 4. The third-order valence-corrected chi connectivity index (χ3v) is 6.74. The van der Waals surface area contributed by atoms with Crippen LogP contribution in [-0.4, -0.2) is 47.2 Å². The Morgan fingerprint density at radius 1 is 1.04 bits per heavy atom. The topological polar surface area (TPSA) is 66.8 Å². The minimum atomic E-state index is -0.548. The van der Waals surface area contributed by atoms with Crippen molar-refractivity contribution in [2.75, 3.05) is 19.7 Å². The first-order chi connectivity index (χ1) is 11.5. The van der Waals surface area contributed by atoms with Crippen molar-refractivity contribution in [3.05, 3.63) is 0 Å². The lowest BCUT2D eigenvalue weighted by Gasteiger charge is -2.60. The first kappa shape index (κ1) is 16.4. The molecule has 5 nitrogen and oxygen atoms in total.